The lowest BCUT2D eigenvalue weighted by molar-refractivity contribution is 0.0117. The summed E-state index contributed by atoms with van der Waals surface area (Å²) >= 11 is 0. The topological polar surface area (TPSA) is 87.2 Å². The van der Waals surface area contributed by atoms with Gasteiger partial charge in [-0.1, -0.05) is 30.3 Å². The number of rotatable bonds is 3. The summed E-state index contributed by atoms with van der Waals surface area (Å²) in [6.07, 6.45) is -1.71. The molecule has 0 bridgehead atoms. The van der Waals surface area contributed by atoms with Crippen LogP contribution in [-0.2, 0) is 4.74 Å². The van der Waals surface area contributed by atoms with Crippen molar-refractivity contribution in [1.82, 2.24) is 5.43 Å². The van der Waals surface area contributed by atoms with Crippen LogP contribution in [0.4, 0.5) is 0 Å². The number of aryl methyl sites for hydroxylation is 1. The number of ether oxygens (including phenoxy) is 1. The Morgan fingerprint density at radius 3 is 2.71 bits per heavy atom. The lowest BCUT2D eigenvalue weighted by Crippen LogP contribution is -2.24. The number of hydrazone groups is 1. The molecule has 6 nitrogen and oxygen atoms in total. The van der Waals surface area contributed by atoms with E-state index < -0.39 is 18.3 Å². The Morgan fingerprint density at radius 2 is 2.00 bits per heavy atom. The molecule has 3 heterocycles. The first-order valence-corrected chi connectivity index (χ1v) is 8.09. The van der Waals surface area contributed by atoms with Gasteiger partial charge >= 0.3 is 0 Å². The van der Waals surface area contributed by atoms with Crippen LogP contribution < -0.4 is 5.43 Å². The first-order valence-electron chi connectivity index (χ1n) is 8.09. The summed E-state index contributed by atoms with van der Waals surface area (Å²) in [7, 11) is 0. The molecule has 1 unspecified atom stereocenters. The van der Waals surface area contributed by atoms with Crippen LogP contribution in [0.1, 0.15) is 41.2 Å². The number of hydrogen-bond donors (Lipinski definition) is 3. The van der Waals surface area contributed by atoms with E-state index in [1.807, 2.05) is 31.2 Å². The first kappa shape index (κ1) is 15.4. The Kier molecular flexibility index (Phi) is 3.88. The van der Waals surface area contributed by atoms with Gasteiger partial charge in [-0.25, -0.2) is 0 Å². The number of nitrogens with one attached hydrogen (secondary N) is 1. The quantitative estimate of drug-likeness (QED) is 0.800. The second-order valence-electron chi connectivity index (χ2n) is 6.29. The summed E-state index contributed by atoms with van der Waals surface area (Å²) in [5, 5.41) is 24.1. The zero-order valence-electron chi connectivity index (χ0n) is 13.3. The zero-order chi connectivity index (χ0) is 16.7. The molecule has 0 saturated carbocycles. The van der Waals surface area contributed by atoms with Crippen LogP contribution in [0, 0.1) is 6.92 Å². The summed E-state index contributed by atoms with van der Waals surface area (Å²) in [6.45, 7) is 1.98. The highest BCUT2D eigenvalue weighted by molar-refractivity contribution is 6.02. The van der Waals surface area contributed by atoms with Gasteiger partial charge in [-0.2, -0.15) is 5.10 Å². The first-order chi connectivity index (χ1) is 11.6. The average Bonchev–Trinajstić information content (AvgIpc) is 3.29. The molecule has 2 aliphatic rings. The summed E-state index contributed by atoms with van der Waals surface area (Å²) < 4.78 is 11.2. The third-order valence-corrected chi connectivity index (χ3v) is 4.63. The van der Waals surface area contributed by atoms with E-state index in [1.165, 1.54) is 5.56 Å². The maximum absolute atomic E-state index is 9.99. The van der Waals surface area contributed by atoms with E-state index in [4.69, 9.17) is 9.15 Å². The number of aliphatic hydroxyl groups excluding tert-OH is 2. The molecule has 0 spiro atoms. The van der Waals surface area contributed by atoms with E-state index in [0.29, 0.717) is 5.76 Å². The van der Waals surface area contributed by atoms with Gasteiger partial charge in [-0.3, -0.25) is 0 Å². The highest BCUT2D eigenvalue weighted by Gasteiger charge is 2.38. The standard InChI is InChI=1S/C18H20N2O4/c1-10-12(7-16(24-10)18-17(22)15(21)9-23-18)14-8-13(19-20-14)11-5-3-2-4-6-11/h2-7,13,15,17-19,21-22H,8-9H2,1H3/t13?,15-,17-,18+/m1/s1. The molecule has 0 amide bonds. The minimum Gasteiger partial charge on any atom is -0.463 e. The van der Waals surface area contributed by atoms with Crippen molar-refractivity contribution in [3.8, 4) is 0 Å². The van der Waals surface area contributed by atoms with Crippen molar-refractivity contribution < 1.29 is 19.4 Å². The molecule has 1 fully saturated rings. The van der Waals surface area contributed by atoms with Crippen LogP contribution in [0.2, 0.25) is 0 Å². The summed E-state index contributed by atoms with van der Waals surface area (Å²) in [6, 6.07) is 12.2. The van der Waals surface area contributed by atoms with Gasteiger partial charge < -0.3 is 24.8 Å². The predicted octanol–water partition coefficient (Wildman–Crippen LogP) is 1.82. The Balaban J connectivity index is 1.53. The average molecular weight is 328 g/mol. The second-order valence-corrected chi connectivity index (χ2v) is 6.29. The van der Waals surface area contributed by atoms with E-state index in [-0.39, 0.29) is 12.6 Å². The van der Waals surface area contributed by atoms with Gasteiger partial charge in [0.25, 0.3) is 0 Å². The molecule has 0 aliphatic carbocycles. The lowest BCUT2D eigenvalue weighted by atomic mass is 9.99. The molecule has 1 saturated heterocycles. The molecule has 2 aromatic rings. The minimum absolute atomic E-state index is 0.111. The Hall–Kier alpha value is -2.15. The van der Waals surface area contributed by atoms with E-state index in [0.717, 1.165) is 23.5 Å². The largest absolute Gasteiger partial charge is 0.463 e. The van der Waals surface area contributed by atoms with Gasteiger partial charge in [-0.05, 0) is 18.6 Å². The van der Waals surface area contributed by atoms with Crippen molar-refractivity contribution >= 4 is 5.71 Å². The van der Waals surface area contributed by atoms with Crippen LogP contribution in [0.5, 0.6) is 0 Å². The van der Waals surface area contributed by atoms with E-state index >= 15 is 0 Å². The third kappa shape index (κ3) is 2.62. The van der Waals surface area contributed by atoms with Crippen LogP contribution in [0.25, 0.3) is 0 Å². The number of nitrogens with zero attached hydrogens (tertiary/aromatic N) is 1. The molecular weight excluding hydrogens is 308 g/mol. The van der Waals surface area contributed by atoms with Gasteiger partial charge in [0.15, 0.2) is 0 Å². The van der Waals surface area contributed by atoms with Crippen LogP contribution in [0.15, 0.2) is 45.9 Å². The molecule has 4 atom stereocenters. The summed E-state index contributed by atoms with van der Waals surface area (Å²) in [5.41, 5.74) is 6.19. The predicted molar refractivity (Wildman–Crippen MR) is 87.6 cm³/mol. The third-order valence-electron chi connectivity index (χ3n) is 4.63. The molecule has 4 rings (SSSR count). The maximum atomic E-state index is 9.99. The number of hydrogen-bond acceptors (Lipinski definition) is 6. The molecule has 0 radical (unpaired) electrons. The minimum atomic E-state index is -0.968. The number of benzene rings is 1. The smallest absolute Gasteiger partial charge is 0.144 e. The molecule has 1 aromatic heterocycles. The van der Waals surface area contributed by atoms with Gasteiger partial charge in [0.05, 0.1) is 18.4 Å². The molecular formula is C18H20N2O4. The summed E-state index contributed by atoms with van der Waals surface area (Å²) in [4.78, 5) is 0. The zero-order valence-corrected chi connectivity index (χ0v) is 13.3. The van der Waals surface area contributed by atoms with Crippen LogP contribution in [-0.4, -0.2) is 34.7 Å². The van der Waals surface area contributed by atoms with Crippen LogP contribution >= 0.6 is 0 Å². The molecule has 1 aromatic carbocycles. The molecule has 6 heteroatoms. The fourth-order valence-corrected chi connectivity index (χ4v) is 3.27. The van der Waals surface area contributed by atoms with E-state index in [1.54, 1.807) is 0 Å². The van der Waals surface area contributed by atoms with Crippen molar-refractivity contribution in [2.75, 3.05) is 6.61 Å². The van der Waals surface area contributed by atoms with Crippen molar-refractivity contribution in [3.63, 3.8) is 0 Å². The maximum Gasteiger partial charge on any atom is 0.144 e. The fraction of sp³-hybridized carbons (Fsp3) is 0.389. The normalized spacial score (nSPS) is 29.5. The monoisotopic (exact) mass is 328 g/mol. The number of aliphatic hydroxyl groups is 2. The molecule has 24 heavy (non-hydrogen) atoms. The highest BCUT2D eigenvalue weighted by Crippen LogP contribution is 2.34. The summed E-state index contributed by atoms with van der Waals surface area (Å²) in [5.74, 6) is 1.26. The van der Waals surface area contributed by atoms with Crippen LogP contribution in [0.3, 0.4) is 0 Å². The lowest BCUT2D eigenvalue weighted by Gasteiger charge is -2.11. The van der Waals surface area contributed by atoms with Crippen molar-refractivity contribution in [1.29, 1.82) is 0 Å². The van der Waals surface area contributed by atoms with E-state index in [9.17, 15) is 10.2 Å². The molecule has 3 N–H and O–H groups in total. The number of furan rings is 1. The Labute approximate surface area is 139 Å². The van der Waals surface area contributed by atoms with Crippen molar-refractivity contribution in [2.45, 2.75) is 37.7 Å². The van der Waals surface area contributed by atoms with Gasteiger partial charge in [-0.15, -0.1) is 0 Å². The second kappa shape index (κ2) is 6.05. The Morgan fingerprint density at radius 1 is 1.21 bits per heavy atom. The molecule has 2 aliphatic heterocycles. The van der Waals surface area contributed by atoms with E-state index in [2.05, 4.69) is 22.7 Å². The fourth-order valence-electron chi connectivity index (χ4n) is 3.27. The van der Waals surface area contributed by atoms with Gasteiger partial charge in [0.2, 0.25) is 0 Å². The SMILES string of the molecule is Cc1oc([C@@H]2OC[C@@H](O)[C@H]2O)cc1C1=NNC(c2ccccc2)C1. The van der Waals surface area contributed by atoms with Gasteiger partial charge in [0, 0.05) is 12.0 Å². The van der Waals surface area contributed by atoms with Crippen molar-refractivity contribution in [3.05, 3.63) is 59.0 Å². The Bertz CT molecular complexity index is 756. The van der Waals surface area contributed by atoms with Gasteiger partial charge in [0.1, 0.15) is 29.8 Å². The molecule has 126 valence electrons. The highest BCUT2D eigenvalue weighted by atomic mass is 16.5. The van der Waals surface area contributed by atoms with Crippen molar-refractivity contribution in [2.24, 2.45) is 5.10 Å².